The summed E-state index contributed by atoms with van der Waals surface area (Å²) in [7, 11) is 0. The molecule has 0 bridgehead atoms. The van der Waals surface area contributed by atoms with Crippen molar-refractivity contribution in [2.75, 3.05) is 0 Å². The molecule has 0 unspecified atom stereocenters. The summed E-state index contributed by atoms with van der Waals surface area (Å²) < 4.78 is 12.6. The Morgan fingerprint density at radius 2 is 2.31 bits per heavy atom. The van der Waals surface area contributed by atoms with Gasteiger partial charge < -0.3 is 0 Å². The summed E-state index contributed by atoms with van der Waals surface area (Å²) in [5.74, 6) is 4.08. The maximum Gasteiger partial charge on any atom is 0.257 e. The Kier molecular flexibility index (Phi) is 3.16. The molecule has 0 radical (unpaired) electrons. The molecule has 0 aromatic heterocycles. The minimum Gasteiger partial charge on any atom is -0.291 e. The van der Waals surface area contributed by atoms with Crippen molar-refractivity contribution in [1.29, 1.82) is 0 Å². The Morgan fingerprint density at radius 3 is 2.92 bits per heavy atom. The number of carbonyl (C=O) groups is 1. The molecule has 0 aliphatic carbocycles. The first-order valence-corrected chi connectivity index (χ1v) is 3.66. The summed E-state index contributed by atoms with van der Waals surface area (Å²) in [6.07, 6.45) is 2.71. The van der Waals surface area contributed by atoms with Gasteiger partial charge in [0.2, 0.25) is 0 Å². The molecule has 13 heavy (non-hydrogen) atoms. The van der Waals surface area contributed by atoms with Gasteiger partial charge in [-0.2, -0.15) is 0 Å². The van der Waals surface area contributed by atoms with E-state index < -0.39 is 5.91 Å². The molecule has 3 nitrogen and oxygen atoms in total. The first-order chi connectivity index (χ1) is 6.22. The number of rotatable bonds is 2. The molecule has 1 amide bonds. The topological polar surface area (TPSA) is 55.1 Å². The SMILES string of the molecule is NNC(=O)C=Cc1cccc(F)c1. The Bertz CT molecular complexity index is 336. The normalized spacial score (nSPS) is 10.3. The van der Waals surface area contributed by atoms with Gasteiger partial charge in [0.25, 0.3) is 5.91 Å². The number of hydrazine groups is 1. The van der Waals surface area contributed by atoms with Gasteiger partial charge in [-0.3, -0.25) is 10.2 Å². The van der Waals surface area contributed by atoms with E-state index in [0.29, 0.717) is 5.56 Å². The third-order valence-corrected chi connectivity index (χ3v) is 1.42. The van der Waals surface area contributed by atoms with Gasteiger partial charge in [-0.15, -0.1) is 0 Å². The monoisotopic (exact) mass is 180 g/mol. The van der Waals surface area contributed by atoms with Crippen LogP contribution in [0.2, 0.25) is 0 Å². The van der Waals surface area contributed by atoms with Gasteiger partial charge in [0.1, 0.15) is 5.82 Å². The highest BCUT2D eigenvalue weighted by molar-refractivity contribution is 5.91. The zero-order valence-electron chi connectivity index (χ0n) is 6.83. The van der Waals surface area contributed by atoms with E-state index in [1.165, 1.54) is 24.3 Å². The third-order valence-electron chi connectivity index (χ3n) is 1.42. The highest BCUT2D eigenvalue weighted by Gasteiger charge is 1.92. The average Bonchev–Trinajstić information content (AvgIpc) is 2.14. The molecule has 0 aliphatic heterocycles. The van der Waals surface area contributed by atoms with Crippen molar-refractivity contribution in [2.45, 2.75) is 0 Å². The molecule has 0 saturated carbocycles. The lowest BCUT2D eigenvalue weighted by molar-refractivity contribution is -0.116. The van der Waals surface area contributed by atoms with Gasteiger partial charge in [0, 0.05) is 6.08 Å². The van der Waals surface area contributed by atoms with Crippen molar-refractivity contribution in [3.63, 3.8) is 0 Å². The summed E-state index contributed by atoms with van der Waals surface area (Å²) in [5, 5.41) is 0. The van der Waals surface area contributed by atoms with Crippen LogP contribution in [0.1, 0.15) is 5.56 Å². The average molecular weight is 180 g/mol. The lowest BCUT2D eigenvalue weighted by Crippen LogP contribution is -2.27. The fourth-order valence-electron chi connectivity index (χ4n) is 0.830. The number of carbonyl (C=O) groups excluding carboxylic acids is 1. The van der Waals surface area contributed by atoms with Crippen LogP contribution in [0.15, 0.2) is 30.3 Å². The summed E-state index contributed by atoms with van der Waals surface area (Å²) in [5.41, 5.74) is 2.54. The fourth-order valence-corrected chi connectivity index (χ4v) is 0.830. The van der Waals surface area contributed by atoms with Crippen LogP contribution in [0.4, 0.5) is 4.39 Å². The Balaban J connectivity index is 2.74. The van der Waals surface area contributed by atoms with Crippen LogP contribution in [0.25, 0.3) is 6.08 Å². The number of nitrogens with two attached hydrogens (primary N) is 1. The molecule has 0 heterocycles. The molecule has 1 aromatic carbocycles. The molecule has 0 saturated heterocycles. The largest absolute Gasteiger partial charge is 0.291 e. The molecule has 4 heteroatoms. The van der Waals surface area contributed by atoms with Crippen molar-refractivity contribution >= 4 is 12.0 Å². The van der Waals surface area contributed by atoms with E-state index in [2.05, 4.69) is 0 Å². The van der Waals surface area contributed by atoms with Crippen LogP contribution in [0.3, 0.4) is 0 Å². The summed E-state index contributed by atoms with van der Waals surface area (Å²) >= 11 is 0. The Morgan fingerprint density at radius 1 is 1.54 bits per heavy atom. The van der Waals surface area contributed by atoms with Crippen LogP contribution in [-0.4, -0.2) is 5.91 Å². The molecule has 1 rings (SSSR count). The van der Waals surface area contributed by atoms with Crippen LogP contribution < -0.4 is 11.3 Å². The summed E-state index contributed by atoms with van der Waals surface area (Å²) in [6.45, 7) is 0. The molecule has 1 aromatic rings. The Labute approximate surface area is 75.0 Å². The van der Waals surface area contributed by atoms with Gasteiger partial charge in [-0.1, -0.05) is 12.1 Å². The number of nitrogens with one attached hydrogen (secondary N) is 1. The van der Waals surface area contributed by atoms with Gasteiger partial charge in [-0.05, 0) is 23.8 Å². The third kappa shape index (κ3) is 3.04. The molecular weight excluding hydrogens is 171 g/mol. The zero-order valence-corrected chi connectivity index (χ0v) is 6.83. The number of amides is 1. The first kappa shape index (κ1) is 9.41. The van der Waals surface area contributed by atoms with E-state index in [1.807, 2.05) is 5.43 Å². The number of benzene rings is 1. The summed E-state index contributed by atoms with van der Waals surface area (Å²) in [6, 6.07) is 5.90. The highest BCUT2D eigenvalue weighted by Crippen LogP contribution is 2.04. The maximum atomic E-state index is 12.6. The Hall–Kier alpha value is -1.68. The number of halogens is 1. The van der Waals surface area contributed by atoms with Gasteiger partial charge in [0.05, 0.1) is 0 Å². The van der Waals surface area contributed by atoms with Crippen molar-refractivity contribution < 1.29 is 9.18 Å². The van der Waals surface area contributed by atoms with Gasteiger partial charge >= 0.3 is 0 Å². The predicted octanol–water partition coefficient (Wildman–Crippen LogP) is 0.829. The van der Waals surface area contributed by atoms with E-state index in [4.69, 9.17) is 5.84 Å². The van der Waals surface area contributed by atoms with Crippen molar-refractivity contribution in [3.8, 4) is 0 Å². The first-order valence-electron chi connectivity index (χ1n) is 3.66. The van der Waals surface area contributed by atoms with Crippen LogP contribution >= 0.6 is 0 Å². The van der Waals surface area contributed by atoms with E-state index in [-0.39, 0.29) is 5.82 Å². The number of hydrogen-bond donors (Lipinski definition) is 2. The predicted molar refractivity (Wildman–Crippen MR) is 47.8 cm³/mol. The smallest absolute Gasteiger partial charge is 0.257 e. The lowest BCUT2D eigenvalue weighted by atomic mass is 10.2. The lowest BCUT2D eigenvalue weighted by Gasteiger charge is -1.93. The van der Waals surface area contributed by atoms with Crippen LogP contribution in [0, 0.1) is 5.82 Å². The van der Waals surface area contributed by atoms with E-state index in [9.17, 15) is 9.18 Å². The van der Waals surface area contributed by atoms with Crippen LogP contribution in [-0.2, 0) is 4.79 Å². The quantitative estimate of drug-likeness (QED) is 0.306. The second-order valence-electron chi connectivity index (χ2n) is 2.40. The molecule has 3 N–H and O–H groups in total. The van der Waals surface area contributed by atoms with Crippen molar-refractivity contribution in [1.82, 2.24) is 5.43 Å². The van der Waals surface area contributed by atoms with E-state index in [0.717, 1.165) is 0 Å². The molecule has 0 aliphatic rings. The molecule has 68 valence electrons. The molecule has 0 atom stereocenters. The fraction of sp³-hybridized carbons (Fsp3) is 0. The van der Waals surface area contributed by atoms with Crippen molar-refractivity contribution in [3.05, 3.63) is 41.7 Å². The minimum absolute atomic E-state index is 0.338. The maximum absolute atomic E-state index is 12.6. The molecule has 0 spiro atoms. The second kappa shape index (κ2) is 4.37. The number of hydrogen-bond acceptors (Lipinski definition) is 2. The standard InChI is InChI=1S/C9H9FN2O/c10-8-3-1-2-7(6-8)4-5-9(13)12-11/h1-6H,11H2,(H,12,13). The molecular formula is C9H9FN2O. The van der Waals surface area contributed by atoms with Gasteiger partial charge in [-0.25, -0.2) is 10.2 Å². The van der Waals surface area contributed by atoms with Crippen LogP contribution in [0.5, 0.6) is 0 Å². The summed E-state index contributed by atoms with van der Waals surface area (Å²) in [4.78, 5) is 10.7. The van der Waals surface area contributed by atoms with Gasteiger partial charge in [0.15, 0.2) is 0 Å². The zero-order chi connectivity index (χ0) is 9.68. The highest BCUT2D eigenvalue weighted by atomic mass is 19.1. The van der Waals surface area contributed by atoms with E-state index >= 15 is 0 Å². The van der Waals surface area contributed by atoms with E-state index in [1.54, 1.807) is 12.1 Å². The second-order valence-corrected chi connectivity index (χ2v) is 2.40. The van der Waals surface area contributed by atoms with Crippen molar-refractivity contribution in [2.24, 2.45) is 5.84 Å². The minimum atomic E-state index is -0.427. The molecule has 0 fully saturated rings.